The number of rotatable bonds is 5. The third-order valence-electron chi connectivity index (χ3n) is 3.56. The molecule has 2 N–H and O–H groups in total. The molecule has 0 unspecified atom stereocenters. The molecule has 1 atom stereocenters. The fraction of sp³-hybridized carbons (Fsp3) is 0.412. The first-order valence-corrected chi connectivity index (χ1v) is 7.61. The Labute approximate surface area is 130 Å². The van der Waals surface area contributed by atoms with Crippen LogP contribution in [0.5, 0.6) is 0 Å². The normalized spacial score (nSPS) is 17.8. The zero-order chi connectivity index (χ0) is 16.1. The Balaban J connectivity index is 2.47. The fourth-order valence-electron chi connectivity index (χ4n) is 2.52. The number of amides is 2. The highest BCUT2D eigenvalue weighted by Gasteiger charge is 2.33. The Morgan fingerprint density at radius 1 is 1.23 bits per heavy atom. The summed E-state index contributed by atoms with van der Waals surface area (Å²) in [5.41, 5.74) is 3.14. The molecular weight excluding hydrogens is 280 g/mol. The molecule has 1 heterocycles. The molecule has 2 rings (SSSR count). The molecule has 0 radical (unpaired) electrons. The minimum absolute atomic E-state index is 0.290. The number of benzene rings is 1. The molecule has 0 aliphatic carbocycles. The minimum Gasteiger partial charge on any atom is -0.463 e. The number of carbonyl (C=O) groups is 2. The lowest BCUT2D eigenvalue weighted by atomic mass is 9.93. The molecule has 0 spiro atoms. The van der Waals surface area contributed by atoms with Gasteiger partial charge in [-0.25, -0.2) is 9.59 Å². The van der Waals surface area contributed by atoms with Gasteiger partial charge in [0.15, 0.2) is 0 Å². The highest BCUT2D eigenvalue weighted by molar-refractivity contribution is 5.95. The van der Waals surface area contributed by atoms with Gasteiger partial charge in [0.25, 0.3) is 0 Å². The van der Waals surface area contributed by atoms with Crippen LogP contribution in [-0.2, 0) is 9.53 Å². The standard InChI is InChI=1S/C17H22N2O3/c1-4-6-13-14(16(20)22-5-2)15(19-17(21)18-13)12-9-7-11(3)8-10-12/h7-10,15H,4-6H2,1-3H3,(H2,18,19,21)/t15-/m0/s1. The average molecular weight is 302 g/mol. The van der Waals surface area contributed by atoms with Gasteiger partial charge in [-0.1, -0.05) is 43.2 Å². The first-order chi connectivity index (χ1) is 10.6. The molecule has 1 aliphatic heterocycles. The third kappa shape index (κ3) is 3.47. The summed E-state index contributed by atoms with van der Waals surface area (Å²) in [6.45, 7) is 6.07. The van der Waals surface area contributed by atoms with Crippen molar-refractivity contribution >= 4 is 12.0 Å². The van der Waals surface area contributed by atoms with Crippen molar-refractivity contribution in [1.29, 1.82) is 0 Å². The van der Waals surface area contributed by atoms with Crippen molar-refractivity contribution in [3.63, 3.8) is 0 Å². The Hall–Kier alpha value is -2.30. The second-order valence-electron chi connectivity index (χ2n) is 5.30. The van der Waals surface area contributed by atoms with Crippen LogP contribution in [0.3, 0.4) is 0 Å². The summed E-state index contributed by atoms with van der Waals surface area (Å²) in [5, 5.41) is 5.57. The van der Waals surface area contributed by atoms with Crippen molar-refractivity contribution in [2.75, 3.05) is 6.61 Å². The summed E-state index contributed by atoms with van der Waals surface area (Å²) < 4.78 is 5.18. The number of urea groups is 1. The van der Waals surface area contributed by atoms with Crippen LogP contribution in [0.15, 0.2) is 35.5 Å². The molecule has 22 heavy (non-hydrogen) atoms. The first-order valence-electron chi connectivity index (χ1n) is 7.61. The van der Waals surface area contributed by atoms with Crippen LogP contribution in [0.4, 0.5) is 4.79 Å². The van der Waals surface area contributed by atoms with E-state index in [1.54, 1.807) is 6.92 Å². The lowest BCUT2D eigenvalue weighted by Gasteiger charge is -2.29. The number of esters is 1. The maximum atomic E-state index is 12.4. The van der Waals surface area contributed by atoms with Crippen molar-refractivity contribution in [3.8, 4) is 0 Å². The van der Waals surface area contributed by atoms with E-state index in [4.69, 9.17) is 4.74 Å². The predicted octanol–water partition coefficient (Wildman–Crippen LogP) is 2.97. The number of carbonyl (C=O) groups excluding carboxylic acids is 2. The number of hydrogen-bond acceptors (Lipinski definition) is 3. The number of nitrogens with one attached hydrogen (secondary N) is 2. The van der Waals surface area contributed by atoms with E-state index in [0.29, 0.717) is 24.3 Å². The largest absolute Gasteiger partial charge is 0.463 e. The highest BCUT2D eigenvalue weighted by Crippen LogP contribution is 2.29. The molecule has 0 saturated carbocycles. The molecule has 2 amide bonds. The van der Waals surface area contributed by atoms with Crippen molar-refractivity contribution in [1.82, 2.24) is 10.6 Å². The number of ether oxygens (including phenoxy) is 1. The van der Waals surface area contributed by atoms with Crippen LogP contribution >= 0.6 is 0 Å². The molecule has 1 aromatic carbocycles. The zero-order valence-electron chi connectivity index (χ0n) is 13.2. The monoisotopic (exact) mass is 302 g/mol. The van der Waals surface area contributed by atoms with E-state index in [2.05, 4.69) is 10.6 Å². The van der Waals surface area contributed by atoms with Crippen LogP contribution < -0.4 is 10.6 Å². The summed E-state index contributed by atoms with van der Waals surface area (Å²) in [4.78, 5) is 24.3. The quantitative estimate of drug-likeness (QED) is 0.822. The molecule has 1 aromatic rings. The molecule has 1 aliphatic rings. The average Bonchev–Trinajstić information content (AvgIpc) is 2.48. The van der Waals surface area contributed by atoms with Crippen LogP contribution in [0, 0.1) is 6.92 Å². The molecule has 0 saturated heterocycles. The van der Waals surface area contributed by atoms with Gasteiger partial charge in [-0.05, 0) is 25.8 Å². The SMILES string of the molecule is CCCC1=C(C(=O)OCC)[C@H](c2ccc(C)cc2)NC(=O)N1. The van der Waals surface area contributed by atoms with E-state index in [0.717, 1.165) is 17.5 Å². The van der Waals surface area contributed by atoms with Crippen LogP contribution in [0.25, 0.3) is 0 Å². The maximum Gasteiger partial charge on any atom is 0.338 e. The van der Waals surface area contributed by atoms with Gasteiger partial charge in [-0.3, -0.25) is 0 Å². The molecule has 118 valence electrons. The number of allylic oxidation sites excluding steroid dienone is 1. The van der Waals surface area contributed by atoms with E-state index in [-0.39, 0.29) is 12.0 Å². The number of hydrogen-bond donors (Lipinski definition) is 2. The summed E-state index contributed by atoms with van der Waals surface area (Å²) in [6, 6.07) is 7.01. The fourth-order valence-corrected chi connectivity index (χ4v) is 2.52. The Morgan fingerprint density at radius 3 is 2.50 bits per heavy atom. The van der Waals surface area contributed by atoms with Gasteiger partial charge in [0.2, 0.25) is 0 Å². The summed E-state index contributed by atoms with van der Waals surface area (Å²) >= 11 is 0. The third-order valence-corrected chi connectivity index (χ3v) is 3.56. The van der Waals surface area contributed by atoms with Crippen LogP contribution in [-0.4, -0.2) is 18.6 Å². The van der Waals surface area contributed by atoms with Gasteiger partial charge < -0.3 is 15.4 Å². The summed E-state index contributed by atoms with van der Waals surface area (Å²) in [7, 11) is 0. The zero-order valence-corrected chi connectivity index (χ0v) is 13.2. The number of aryl methyl sites for hydroxylation is 1. The van der Waals surface area contributed by atoms with Gasteiger partial charge in [0.1, 0.15) is 0 Å². The molecule has 0 aromatic heterocycles. The second kappa shape index (κ2) is 7.11. The maximum absolute atomic E-state index is 12.4. The lowest BCUT2D eigenvalue weighted by Crippen LogP contribution is -2.46. The van der Waals surface area contributed by atoms with E-state index in [1.807, 2.05) is 38.1 Å². The topological polar surface area (TPSA) is 67.4 Å². The van der Waals surface area contributed by atoms with Gasteiger partial charge in [-0.15, -0.1) is 0 Å². The van der Waals surface area contributed by atoms with E-state index < -0.39 is 6.04 Å². The van der Waals surface area contributed by atoms with Crippen LogP contribution in [0.1, 0.15) is 43.9 Å². The Morgan fingerprint density at radius 2 is 1.91 bits per heavy atom. The van der Waals surface area contributed by atoms with Crippen molar-refractivity contribution < 1.29 is 14.3 Å². The molecule has 0 bridgehead atoms. The lowest BCUT2D eigenvalue weighted by molar-refractivity contribution is -0.139. The van der Waals surface area contributed by atoms with Gasteiger partial charge in [-0.2, -0.15) is 0 Å². The second-order valence-corrected chi connectivity index (χ2v) is 5.30. The molecule has 0 fully saturated rings. The highest BCUT2D eigenvalue weighted by atomic mass is 16.5. The minimum atomic E-state index is -0.477. The summed E-state index contributed by atoms with van der Waals surface area (Å²) in [5.74, 6) is -0.385. The van der Waals surface area contributed by atoms with Gasteiger partial charge >= 0.3 is 12.0 Å². The molecule has 5 heteroatoms. The van der Waals surface area contributed by atoms with Crippen molar-refractivity contribution in [3.05, 3.63) is 46.7 Å². The van der Waals surface area contributed by atoms with Crippen molar-refractivity contribution in [2.45, 2.75) is 39.7 Å². The summed E-state index contributed by atoms with van der Waals surface area (Å²) in [6.07, 6.45) is 1.46. The Bertz CT molecular complexity index is 590. The van der Waals surface area contributed by atoms with Gasteiger partial charge in [0.05, 0.1) is 18.2 Å². The predicted molar refractivity (Wildman–Crippen MR) is 84.2 cm³/mol. The van der Waals surface area contributed by atoms with Crippen LogP contribution in [0.2, 0.25) is 0 Å². The van der Waals surface area contributed by atoms with Crippen molar-refractivity contribution in [2.24, 2.45) is 0 Å². The van der Waals surface area contributed by atoms with E-state index in [9.17, 15) is 9.59 Å². The Kier molecular flexibility index (Phi) is 5.20. The first kappa shape index (κ1) is 16.1. The molecular formula is C17H22N2O3. The van der Waals surface area contributed by atoms with E-state index >= 15 is 0 Å². The molecule has 5 nitrogen and oxygen atoms in total. The van der Waals surface area contributed by atoms with E-state index in [1.165, 1.54) is 0 Å². The smallest absolute Gasteiger partial charge is 0.338 e. The van der Waals surface area contributed by atoms with Gasteiger partial charge in [0, 0.05) is 5.70 Å².